The SMILES string of the molecule is C=CS(=O)(=O)C(Oc1cccc(O)c1)S(=O)(=O)C=C.OCC(O)CO.[Br-].[K+]. The van der Waals surface area contributed by atoms with Crippen LogP contribution >= 0.6 is 0 Å². The van der Waals surface area contributed by atoms with Gasteiger partial charge in [-0.1, -0.05) is 19.2 Å². The van der Waals surface area contributed by atoms with Gasteiger partial charge in [0.2, 0.25) is 19.7 Å². The summed E-state index contributed by atoms with van der Waals surface area (Å²) in [6.45, 7) is 5.36. The van der Waals surface area contributed by atoms with Crippen molar-refractivity contribution in [2.24, 2.45) is 0 Å². The number of aliphatic hydroxyl groups excluding tert-OH is 3. The van der Waals surface area contributed by atoms with E-state index in [0.29, 0.717) is 10.8 Å². The molecule has 0 atom stereocenters. The molecule has 0 saturated heterocycles. The van der Waals surface area contributed by atoms with Gasteiger partial charge in [0.25, 0.3) is 0 Å². The minimum absolute atomic E-state index is 0. The van der Waals surface area contributed by atoms with Crippen LogP contribution in [0.15, 0.2) is 48.2 Å². The van der Waals surface area contributed by atoms with Gasteiger partial charge < -0.3 is 42.1 Å². The number of benzene rings is 1. The Labute approximate surface area is 211 Å². The second-order valence-corrected chi connectivity index (χ2v) is 8.61. The molecule has 0 bridgehead atoms. The number of hydrogen-bond acceptors (Lipinski definition) is 9. The van der Waals surface area contributed by atoms with Crippen molar-refractivity contribution in [3.05, 3.63) is 48.2 Å². The molecule has 0 aliphatic rings. The molecule has 0 amide bonds. The Morgan fingerprint density at radius 2 is 1.48 bits per heavy atom. The number of aromatic hydroxyl groups is 1. The minimum atomic E-state index is -4.24. The van der Waals surface area contributed by atoms with Crippen molar-refractivity contribution in [3.63, 3.8) is 0 Å². The van der Waals surface area contributed by atoms with Crippen LogP contribution in [0, 0.1) is 0 Å². The Kier molecular flexibility index (Phi) is 17.8. The molecule has 0 heterocycles. The van der Waals surface area contributed by atoms with Crippen LogP contribution in [0.2, 0.25) is 0 Å². The van der Waals surface area contributed by atoms with Crippen molar-refractivity contribution in [2.45, 2.75) is 10.9 Å². The predicted molar refractivity (Wildman–Crippen MR) is 90.9 cm³/mol. The predicted octanol–water partition coefficient (Wildman–Crippen LogP) is -6.49. The van der Waals surface area contributed by atoms with Crippen molar-refractivity contribution >= 4 is 19.7 Å². The van der Waals surface area contributed by atoms with Crippen molar-refractivity contribution in [1.29, 1.82) is 0 Å². The van der Waals surface area contributed by atoms with E-state index in [1.54, 1.807) is 0 Å². The van der Waals surface area contributed by atoms with E-state index in [1.807, 2.05) is 0 Å². The molecule has 4 N–H and O–H groups in total. The Morgan fingerprint density at radius 3 is 1.78 bits per heavy atom. The molecule has 1 aromatic rings. The number of aliphatic hydroxyl groups is 3. The second kappa shape index (κ2) is 15.1. The molecule has 27 heavy (non-hydrogen) atoms. The first-order valence-corrected chi connectivity index (χ1v) is 9.84. The van der Waals surface area contributed by atoms with Crippen LogP contribution in [0.5, 0.6) is 11.5 Å². The molecule has 1 rings (SSSR count). The Balaban J connectivity index is -0.000000627. The first kappa shape index (κ1) is 31.9. The van der Waals surface area contributed by atoms with E-state index in [0.717, 1.165) is 6.07 Å². The summed E-state index contributed by atoms with van der Waals surface area (Å²) in [5, 5.41) is 34.2. The number of ether oxygens (including phenoxy) is 1. The first-order chi connectivity index (χ1) is 11.5. The summed E-state index contributed by atoms with van der Waals surface area (Å²) in [6, 6.07) is 5.10. The van der Waals surface area contributed by atoms with E-state index in [9.17, 15) is 21.9 Å². The van der Waals surface area contributed by atoms with Gasteiger partial charge in [-0.25, -0.2) is 16.8 Å². The molecule has 0 aromatic heterocycles. The van der Waals surface area contributed by atoms with Crippen LogP contribution in [0.1, 0.15) is 0 Å². The van der Waals surface area contributed by atoms with E-state index in [1.165, 1.54) is 18.2 Å². The maximum Gasteiger partial charge on any atom is 1.00 e. The van der Waals surface area contributed by atoms with Gasteiger partial charge in [0.05, 0.1) is 13.2 Å². The molecular formula is C14H20BrKO9S2. The molecule has 0 aliphatic carbocycles. The van der Waals surface area contributed by atoms with E-state index < -0.39 is 30.5 Å². The summed E-state index contributed by atoms with van der Waals surface area (Å²) in [5.74, 6) is -0.302. The van der Waals surface area contributed by atoms with Gasteiger partial charge in [-0.2, -0.15) is 0 Å². The Bertz CT molecular complexity index is 740. The molecular weight excluding hydrogens is 495 g/mol. The number of sulfone groups is 2. The summed E-state index contributed by atoms with van der Waals surface area (Å²) >= 11 is 0. The number of rotatable bonds is 8. The van der Waals surface area contributed by atoms with E-state index in [4.69, 9.17) is 20.1 Å². The fourth-order valence-corrected chi connectivity index (χ4v) is 3.98. The number of halogens is 1. The molecule has 150 valence electrons. The molecule has 0 saturated carbocycles. The van der Waals surface area contributed by atoms with Crippen LogP contribution in [0.25, 0.3) is 0 Å². The van der Waals surface area contributed by atoms with Crippen molar-refractivity contribution in [1.82, 2.24) is 0 Å². The molecule has 9 nitrogen and oxygen atoms in total. The van der Waals surface area contributed by atoms with E-state index in [-0.39, 0.29) is 93.1 Å². The van der Waals surface area contributed by atoms with E-state index >= 15 is 0 Å². The fourth-order valence-electron chi connectivity index (χ4n) is 1.20. The van der Waals surface area contributed by atoms with Crippen LogP contribution in [0.4, 0.5) is 0 Å². The van der Waals surface area contributed by atoms with Gasteiger partial charge in [0.1, 0.15) is 17.6 Å². The zero-order chi connectivity index (χ0) is 19.7. The van der Waals surface area contributed by atoms with Crippen LogP contribution in [-0.2, 0) is 19.7 Å². The Morgan fingerprint density at radius 1 is 1.04 bits per heavy atom. The molecule has 13 heteroatoms. The first-order valence-electron chi connectivity index (χ1n) is 6.62. The quantitative estimate of drug-likeness (QED) is 0.247. The summed E-state index contributed by atoms with van der Waals surface area (Å²) in [7, 11) is -8.48. The maximum absolute atomic E-state index is 11.7. The van der Waals surface area contributed by atoms with Gasteiger partial charge in [-0.05, 0) is 12.1 Å². The minimum Gasteiger partial charge on any atom is -1.00 e. The number of phenols is 1. The second-order valence-electron chi connectivity index (χ2n) is 4.43. The van der Waals surface area contributed by atoms with Crippen LogP contribution in [-0.4, -0.2) is 61.3 Å². The molecule has 0 radical (unpaired) electrons. The molecule has 1 aromatic carbocycles. The number of hydrogen-bond donors (Lipinski definition) is 4. The van der Waals surface area contributed by atoms with Crippen LogP contribution < -0.4 is 73.1 Å². The third-order valence-electron chi connectivity index (χ3n) is 2.47. The van der Waals surface area contributed by atoms with Gasteiger partial charge in [0, 0.05) is 16.9 Å². The molecule has 0 fully saturated rings. The topological polar surface area (TPSA) is 158 Å². The maximum atomic E-state index is 11.7. The number of phenolic OH excluding ortho intramolecular Hbond substituents is 1. The standard InChI is InChI=1S/C11H12O6S2.C3H8O3.BrH.K/c1-3-18(13,14)11(19(15,16)4-2)17-10-7-5-6-9(12)8-10;4-1-3(6)2-5;;/h3-8,11-12H,1-2H2;3-6H,1-2H2;1H;/q;;;+1/p-1. The smallest absolute Gasteiger partial charge is 1.00 e. The van der Waals surface area contributed by atoms with Gasteiger partial charge in [0.15, 0.2) is 0 Å². The van der Waals surface area contributed by atoms with Gasteiger partial charge >= 0.3 is 56.2 Å². The van der Waals surface area contributed by atoms with Gasteiger partial charge in [-0.15, -0.1) is 0 Å². The summed E-state index contributed by atoms with van der Waals surface area (Å²) in [4.78, 5) is 0. The zero-order valence-corrected chi connectivity index (χ0v) is 20.8. The van der Waals surface area contributed by atoms with Crippen LogP contribution in [0.3, 0.4) is 0 Å². The van der Waals surface area contributed by atoms with Crippen molar-refractivity contribution < 1.29 is 110 Å². The van der Waals surface area contributed by atoms with Crippen molar-refractivity contribution in [3.8, 4) is 11.5 Å². The normalized spacial score (nSPS) is 10.7. The Hall–Kier alpha value is 0.196. The average molecular weight is 515 g/mol. The largest absolute Gasteiger partial charge is 1.00 e. The fraction of sp³-hybridized carbons (Fsp3) is 0.286. The monoisotopic (exact) mass is 514 g/mol. The third-order valence-corrected chi connectivity index (χ3v) is 6.28. The average Bonchev–Trinajstić information content (AvgIpc) is 2.59. The third kappa shape index (κ3) is 11.7. The molecule has 0 aliphatic heterocycles. The zero-order valence-electron chi connectivity index (χ0n) is 14.5. The van der Waals surface area contributed by atoms with E-state index in [2.05, 4.69) is 13.2 Å². The summed E-state index contributed by atoms with van der Waals surface area (Å²) in [5.41, 5.74) is 0. The summed E-state index contributed by atoms with van der Waals surface area (Å²) in [6.07, 6.45) is -0.954. The molecule has 0 spiro atoms. The molecule has 0 unspecified atom stereocenters. The van der Waals surface area contributed by atoms with Gasteiger partial charge in [-0.3, -0.25) is 0 Å². The summed E-state index contributed by atoms with van der Waals surface area (Å²) < 4.78 is 49.4. The van der Waals surface area contributed by atoms with Crippen molar-refractivity contribution in [2.75, 3.05) is 13.2 Å².